The van der Waals surface area contributed by atoms with Gasteiger partial charge >= 0.3 is 0 Å². The third-order valence-electron chi connectivity index (χ3n) is 3.49. The average molecular weight is 214 g/mol. The van der Waals surface area contributed by atoms with Crippen molar-refractivity contribution < 1.29 is 9.47 Å². The van der Waals surface area contributed by atoms with Gasteiger partial charge in [-0.1, -0.05) is 39.0 Å². The SMILES string of the molecule is COCC(C)(COC)CC1CCCCC1. The third kappa shape index (κ3) is 4.52. The summed E-state index contributed by atoms with van der Waals surface area (Å²) in [6.07, 6.45) is 8.34. The Morgan fingerprint density at radius 1 is 1.00 bits per heavy atom. The van der Waals surface area contributed by atoms with E-state index in [9.17, 15) is 0 Å². The van der Waals surface area contributed by atoms with Gasteiger partial charge in [-0.05, 0) is 12.3 Å². The molecule has 1 rings (SSSR count). The summed E-state index contributed by atoms with van der Waals surface area (Å²) in [5, 5.41) is 0. The molecule has 0 bridgehead atoms. The Morgan fingerprint density at radius 3 is 2.00 bits per heavy atom. The van der Waals surface area contributed by atoms with Crippen molar-refractivity contribution in [3.63, 3.8) is 0 Å². The fourth-order valence-electron chi connectivity index (χ4n) is 2.94. The van der Waals surface area contributed by atoms with Gasteiger partial charge in [-0.2, -0.15) is 0 Å². The van der Waals surface area contributed by atoms with Gasteiger partial charge in [-0.25, -0.2) is 0 Å². The first-order valence-electron chi connectivity index (χ1n) is 6.18. The van der Waals surface area contributed by atoms with E-state index in [1.165, 1.54) is 38.5 Å². The second-order valence-electron chi connectivity index (χ2n) is 5.38. The second-order valence-corrected chi connectivity index (χ2v) is 5.38. The van der Waals surface area contributed by atoms with Crippen LogP contribution in [0.2, 0.25) is 0 Å². The Hall–Kier alpha value is -0.0800. The lowest BCUT2D eigenvalue weighted by Gasteiger charge is -2.33. The van der Waals surface area contributed by atoms with Crippen LogP contribution in [0.4, 0.5) is 0 Å². The number of methoxy groups -OCH3 is 2. The summed E-state index contributed by atoms with van der Waals surface area (Å²) < 4.78 is 10.6. The first-order valence-corrected chi connectivity index (χ1v) is 6.18. The van der Waals surface area contributed by atoms with Crippen LogP contribution in [0, 0.1) is 11.3 Å². The molecule has 0 heterocycles. The minimum absolute atomic E-state index is 0.214. The molecule has 0 unspecified atom stereocenters. The molecule has 0 spiro atoms. The van der Waals surface area contributed by atoms with Crippen LogP contribution in [0.25, 0.3) is 0 Å². The number of hydrogen-bond acceptors (Lipinski definition) is 2. The van der Waals surface area contributed by atoms with Crippen molar-refractivity contribution in [1.29, 1.82) is 0 Å². The Kier molecular flexibility index (Phi) is 5.62. The monoisotopic (exact) mass is 214 g/mol. The molecule has 15 heavy (non-hydrogen) atoms. The summed E-state index contributed by atoms with van der Waals surface area (Å²) in [6.45, 7) is 3.92. The fraction of sp³-hybridized carbons (Fsp3) is 1.00. The van der Waals surface area contributed by atoms with Crippen LogP contribution >= 0.6 is 0 Å². The van der Waals surface area contributed by atoms with E-state index in [4.69, 9.17) is 9.47 Å². The number of ether oxygens (including phenoxy) is 2. The largest absolute Gasteiger partial charge is 0.384 e. The van der Waals surface area contributed by atoms with Crippen LogP contribution in [-0.2, 0) is 9.47 Å². The number of rotatable bonds is 6. The van der Waals surface area contributed by atoms with Crippen molar-refractivity contribution in [1.82, 2.24) is 0 Å². The second kappa shape index (κ2) is 6.49. The molecule has 0 atom stereocenters. The van der Waals surface area contributed by atoms with Crippen LogP contribution in [0.1, 0.15) is 45.4 Å². The molecule has 1 saturated carbocycles. The summed E-state index contributed by atoms with van der Waals surface area (Å²) in [7, 11) is 3.57. The zero-order chi connectivity index (χ0) is 11.1. The summed E-state index contributed by atoms with van der Waals surface area (Å²) in [5.74, 6) is 0.897. The highest BCUT2D eigenvalue weighted by atomic mass is 16.5. The highest BCUT2D eigenvalue weighted by Crippen LogP contribution is 2.35. The van der Waals surface area contributed by atoms with E-state index in [-0.39, 0.29) is 5.41 Å². The maximum absolute atomic E-state index is 5.32. The lowest BCUT2D eigenvalue weighted by Crippen LogP contribution is -2.31. The lowest BCUT2D eigenvalue weighted by atomic mass is 9.76. The average Bonchev–Trinajstić information content (AvgIpc) is 2.19. The topological polar surface area (TPSA) is 18.5 Å². The fourth-order valence-corrected chi connectivity index (χ4v) is 2.94. The van der Waals surface area contributed by atoms with Crippen molar-refractivity contribution in [2.24, 2.45) is 11.3 Å². The summed E-state index contributed by atoms with van der Waals surface area (Å²) >= 11 is 0. The Morgan fingerprint density at radius 2 is 1.53 bits per heavy atom. The Labute approximate surface area is 94.3 Å². The van der Waals surface area contributed by atoms with Crippen molar-refractivity contribution in [2.75, 3.05) is 27.4 Å². The minimum Gasteiger partial charge on any atom is -0.384 e. The molecule has 1 aliphatic rings. The quantitative estimate of drug-likeness (QED) is 0.675. The minimum atomic E-state index is 0.214. The first-order chi connectivity index (χ1) is 7.20. The van der Waals surface area contributed by atoms with Gasteiger partial charge < -0.3 is 9.47 Å². The smallest absolute Gasteiger partial charge is 0.0538 e. The van der Waals surface area contributed by atoms with E-state index in [2.05, 4.69) is 6.92 Å². The van der Waals surface area contributed by atoms with Gasteiger partial charge in [0.1, 0.15) is 0 Å². The molecule has 2 heteroatoms. The van der Waals surface area contributed by atoms with Gasteiger partial charge in [0.05, 0.1) is 13.2 Å². The van der Waals surface area contributed by atoms with E-state index >= 15 is 0 Å². The number of hydrogen-bond donors (Lipinski definition) is 0. The maximum atomic E-state index is 5.32. The molecule has 1 fully saturated rings. The van der Waals surface area contributed by atoms with Gasteiger partial charge in [-0.15, -0.1) is 0 Å². The summed E-state index contributed by atoms with van der Waals surface area (Å²) in [4.78, 5) is 0. The van der Waals surface area contributed by atoms with Crippen LogP contribution < -0.4 is 0 Å². The zero-order valence-electron chi connectivity index (χ0n) is 10.6. The predicted octanol–water partition coefficient (Wildman–Crippen LogP) is 3.26. The zero-order valence-corrected chi connectivity index (χ0v) is 10.6. The molecule has 90 valence electrons. The van der Waals surface area contributed by atoms with Gasteiger partial charge in [0.15, 0.2) is 0 Å². The molecule has 0 aromatic carbocycles. The van der Waals surface area contributed by atoms with Crippen LogP contribution in [-0.4, -0.2) is 27.4 Å². The van der Waals surface area contributed by atoms with E-state index in [1.807, 2.05) is 0 Å². The lowest BCUT2D eigenvalue weighted by molar-refractivity contribution is 0.00294. The van der Waals surface area contributed by atoms with Crippen molar-refractivity contribution >= 4 is 0 Å². The highest BCUT2D eigenvalue weighted by molar-refractivity contribution is 4.79. The molecule has 0 amide bonds. The molecular formula is C13H26O2. The van der Waals surface area contributed by atoms with E-state index in [0.717, 1.165) is 19.1 Å². The summed E-state index contributed by atoms with van der Waals surface area (Å²) in [6, 6.07) is 0. The standard InChI is InChI=1S/C13H26O2/c1-13(10-14-2,11-15-3)9-12-7-5-4-6-8-12/h12H,4-11H2,1-3H3. The van der Waals surface area contributed by atoms with Crippen molar-refractivity contribution in [3.8, 4) is 0 Å². The van der Waals surface area contributed by atoms with E-state index in [0.29, 0.717) is 0 Å². The summed E-state index contributed by atoms with van der Waals surface area (Å²) in [5.41, 5.74) is 0.214. The molecule has 0 aromatic rings. The molecule has 0 saturated heterocycles. The van der Waals surface area contributed by atoms with Gasteiger partial charge in [0.2, 0.25) is 0 Å². The molecule has 1 aliphatic carbocycles. The predicted molar refractivity (Wildman–Crippen MR) is 63.1 cm³/mol. The van der Waals surface area contributed by atoms with E-state index < -0.39 is 0 Å². The Bertz CT molecular complexity index is 156. The molecule has 0 aliphatic heterocycles. The van der Waals surface area contributed by atoms with Gasteiger partial charge in [0, 0.05) is 19.6 Å². The van der Waals surface area contributed by atoms with Gasteiger partial charge in [-0.3, -0.25) is 0 Å². The molecule has 0 aromatic heterocycles. The van der Waals surface area contributed by atoms with Crippen LogP contribution in [0.5, 0.6) is 0 Å². The normalized spacial score (nSPS) is 19.4. The highest BCUT2D eigenvalue weighted by Gasteiger charge is 2.29. The van der Waals surface area contributed by atoms with Crippen LogP contribution in [0.3, 0.4) is 0 Å². The molecular weight excluding hydrogens is 188 g/mol. The molecule has 0 radical (unpaired) electrons. The van der Waals surface area contributed by atoms with Gasteiger partial charge in [0.25, 0.3) is 0 Å². The molecule has 2 nitrogen and oxygen atoms in total. The van der Waals surface area contributed by atoms with Crippen molar-refractivity contribution in [2.45, 2.75) is 45.4 Å². The Balaban J connectivity index is 2.40. The van der Waals surface area contributed by atoms with Crippen molar-refractivity contribution in [3.05, 3.63) is 0 Å². The maximum Gasteiger partial charge on any atom is 0.0538 e. The van der Waals surface area contributed by atoms with E-state index in [1.54, 1.807) is 14.2 Å². The molecule has 0 N–H and O–H groups in total. The first kappa shape index (κ1) is 13.0. The van der Waals surface area contributed by atoms with Crippen LogP contribution in [0.15, 0.2) is 0 Å². The third-order valence-corrected chi connectivity index (χ3v) is 3.49.